The largest absolute Gasteiger partial charge is 0.545 e. The Bertz CT molecular complexity index is 1290. The molecule has 0 aliphatic heterocycles. The van der Waals surface area contributed by atoms with E-state index in [4.69, 9.17) is 18.9 Å². The van der Waals surface area contributed by atoms with Gasteiger partial charge in [0.1, 0.15) is 13.2 Å². The highest BCUT2D eigenvalue weighted by Crippen LogP contribution is 2.14. The van der Waals surface area contributed by atoms with Crippen LogP contribution < -0.4 is 5.11 Å². The number of likely N-dealkylation sites (N-methyl/N-ethyl adjacent to an activating group) is 1. The second-order valence-corrected chi connectivity index (χ2v) is 17.0. The average Bonchev–Trinajstić information content (AvgIpc) is 3.23. The van der Waals surface area contributed by atoms with Gasteiger partial charge in [0.05, 0.1) is 40.3 Å². The van der Waals surface area contributed by atoms with Gasteiger partial charge in [-0.25, -0.2) is 0 Å². The lowest BCUT2D eigenvalue weighted by molar-refractivity contribution is -0.870. The van der Waals surface area contributed by atoms with Crippen molar-refractivity contribution in [1.29, 1.82) is 0 Å². The van der Waals surface area contributed by atoms with Crippen LogP contribution in [0.25, 0.3) is 0 Å². The number of esters is 2. The van der Waals surface area contributed by atoms with Crippen LogP contribution in [0.4, 0.5) is 0 Å². The van der Waals surface area contributed by atoms with Gasteiger partial charge >= 0.3 is 11.9 Å². The van der Waals surface area contributed by atoms with E-state index >= 15 is 0 Å². The Hall–Kier alpha value is -3.53. The van der Waals surface area contributed by atoms with Crippen LogP contribution in [0.1, 0.15) is 174 Å². The molecule has 0 aliphatic rings. The number of nitrogens with zero attached hydrogens (tertiary/aromatic N) is 1. The first-order chi connectivity index (χ1) is 30.1. The lowest BCUT2D eigenvalue weighted by atomic mass is 10.0. The van der Waals surface area contributed by atoms with E-state index in [-0.39, 0.29) is 38.6 Å². The van der Waals surface area contributed by atoms with Crippen LogP contribution in [0.3, 0.4) is 0 Å². The van der Waals surface area contributed by atoms with Gasteiger partial charge in [-0.1, -0.05) is 182 Å². The molecule has 2 unspecified atom stereocenters. The minimum absolute atomic E-state index is 0.133. The number of unbranched alkanes of at least 4 members (excludes halogenated alkanes) is 14. The predicted molar refractivity (Wildman–Crippen MR) is 255 cm³/mol. The summed E-state index contributed by atoms with van der Waals surface area (Å²) in [4.78, 5) is 37.0. The quantitative estimate of drug-likeness (QED) is 0.0196. The number of aliphatic carboxylic acids is 1. The van der Waals surface area contributed by atoms with E-state index in [0.29, 0.717) is 23.9 Å². The maximum Gasteiger partial charge on any atom is 0.306 e. The van der Waals surface area contributed by atoms with Crippen molar-refractivity contribution in [2.75, 3.05) is 47.5 Å². The van der Waals surface area contributed by atoms with Crippen molar-refractivity contribution < 1.29 is 42.9 Å². The molecule has 0 bridgehead atoms. The third kappa shape index (κ3) is 44.5. The maximum atomic E-state index is 12.8. The van der Waals surface area contributed by atoms with Gasteiger partial charge in [0, 0.05) is 12.8 Å². The van der Waals surface area contributed by atoms with Crippen molar-refractivity contribution >= 4 is 17.9 Å². The molecule has 0 rings (SSSR count). The van der Waals surface area contributed by atoms with Crippen LogP contribution in [0.2, 0.25) is 0 Å². The number of carbonyl (C=O) groups excluding carboxylic acids is 3. The van der Waals surface area contributed by atoms with E-state index < -0.39 is 24.3 Å². The fourth-order valence-electron chi connectivity index (χ4n) is 6.17. The molecule has 0 aromatic heterocycles. The molecule has 0 saturated carbocycles. The molecule has 9 heteroatoms. The van der Waals surface area contributed by atoms with Crippen LogP contribution in [-0.2, 0) is 33.3 Å². The van der Waals surface area contributed by atoms with Crippen molar-refractivity contribution in [1.82, 2.24) is 0 Å². The molecule has 0 N–H and O–H groups in total. The van der Waals surface area contributed by atoms with E-state index in [2.05, 4.69) is 92.8 Å². The summed E-state index contributed by atoms with van der Waals surface area (Å²) in [5.41, 5.74) is 0. The van der Waals surface area contributed by atoms with Crippen molar-refractivity contribution in [2.45, 2.75) is 187 Å². The fraction of sp³-hybridized carbons (Fsp3) is 0.679. The first-order valence-electron chi connectivity index (χ1n) is 24.2. The third-order valence-corrected chi connectivity index (χ3v) is 9.91. The number of rotatable bonds is 43. The predicted octanol–water partition coefficient (Wildman–Crippen LogP) is 11.9. The summed E-state index contributed by atoms with van der Waals surface area (Å²) in [6, 6.07) is 0. The van der Waals surface area contributed by atoms with Crippen molar-refractivity contribution in [3.05, 3.63) is 85.1 Å². The number of allylic oxidation sites excluding steroid dienone is 14. The summed E-state index contributed by atoms with van der Waals surface area (Å²) in [6.07, 6.45) is 53.4. The van der Waals surface area contributed by atoms with Gasteiger partial charge in [-0.05, 0) is 64.2 Å². The van der Waals surface area contributed by atoms with E-state index in [1.807, 2.05) is 27.2 Å². The molecule has 62 heavy (non-hydrogen) atoms. The topological polar surface area (TPSA) is 111 Å². The average molecular weight is 868 g/mol. The molecule has 0 aliphatic carbocycles. The minimum Gasteiger partial charge on any atom is -0.545 e. The van der Waals surface area contributed by atoms with E-state index in [1.54, 1.807) is 0 Å². The van der Waals surface area contributed by atoms with Crippen LogP contribution in [0.15, 0.2) is 85.1 Å². The van der Waals surface area contributed by atoms with Crippen molar-refractivity contribution in [3.63, 3.8) is 0 Å². The Balaban J connectivity index is 4.51. The Morgan fingerprint density at radius 1 is 0.500 bits per heavy atom. The standard InChI is InChI=1S/C53H89NO8/c1-6-8-10-12-14-16-18-20-22-23-24-25-26-27-28-29-30-32-34-36-38-40-42-44-51(56)62-49(48-61-53(52(57)58)59-46-45-54(3,4)5)47-60-50(55)43-41-39-37-35-33-31-21-19-17-15-13-11-9-7-2/h8,10,14,16,20,22,24-25,27-28,30,32,36,38,49,53H,6-7,9,11-13,15,17-19,21,23,26,29,31,33-35,37,39-48H2,1-5H3/b10-8-,16-14-,22-20-,25-24-,28-27-,32-30-,38-36-. The summed E-state index contributed by atoms with van der Waals surface area (Å²) in [7, 11) is 5.88. The number of carboxylic acids is 1. The molecular weight excluding hydrogens is 779 g/mol. The highest BCUT2D eigenvalue weighted by Gasteiger charge is 2.21. The summed E-state index contributed by atoms with van der Waals surface area (Å²) >= 11 is 0. The number of quaternary nitrogens is 1. The molecule has 0 heterocycles. The second-order valence-electron chi connectivity index (χ2n) is 17.0. The molecule has 0 saturated heterocycles. The molecule has 2 atom stereocenters. The van der Waals surface area contributed by atoms with E-state index in [0.717, 1.165) is 64.2 Å². The smallest absolute Gasteiger partial charge is 0.306 e. The highest BCUT2D eigenvalue weighted by molar-refractivity contribution is 5.70. The summed E-state index contributed by atoms with van der Waals surface area (Å²) in [6.45, 7) is 4.55. The summed E-state index contributed by atoms with van der Waals surface area (Å²) < 4.78 is 22.5. The number of ether oxygens (including phenoxy) is 4. The Morgan fingerprint density at radius 3 is 1.35 bits per heavy atom. The van der Waals surface area contributed by atoms with Gasteiger partial charge < -0.3 is 33.3 Å². The molecule has 0 spiro atoms. The molecule has 0 aromatic rings. The monoisotopic (exact) mass is 868 g/mol. The van der Waals surface area contributed by atoms with E-state index in [9.17, 15) is 19.5 Å². The van der Waals surface area contributed by atoms with E-state index in [1.165, 1.54) is 70.6 Å². The number of carbonyl (C=O) groups is 3. The van der Waals surface area contributed by atoms with Crippen LogP contribution in [0.5, 0.6) is 0 Å². The molecule has 9 nitrogen and oxygen atoms in total. The molecular formula is C53H89NO8. The van der Waals surface area contributed by atoms with Crippen LogP contribution in [0, 0.1) is 0 Å². The Morgan fingerprint density at radius 2 is 0.919 bits per heavy atom. The van der Waals surface area contributed by atoms with Gasteiger partial charge in [0.25, 0.3) is 0 Å². The van der Waals surface area contributed by atoms with Gasteiger partial charge in [0.15, 0.2) is 12.4 Å². The lowest BCUT2D eigenvalue weighted by Crippen LogP contribution is -2.44. The van der Waals surface area contributed by atoms with Gasteiger partial charge in [-0.2, -0.15) is 0 Å². The zero-order chi connectivity index (χ0) is 45.6. The van der Waals surface area contributed by atoms with Crippen molar-refractivity contribution in [2.24, 2.45) is 0 Å². The van der Waals surface area contributed by atoms with Gasteiger partial charge in [0.2, 0.25) is 0 Å². The molecule has 0 fully saturated rings. The lowest BCUT2D eigenvalue weighted by Gasteiger charge is -2.26. The Kier molecular flexibility index (Phi) is 41.6. The maximum absolute atomic E-state index is 12.8. The number of hydrogen-bond donors (Lipinski definition) is 0. The third-order valence-electron chi connectivity index (χ3n) is 9.91. The normalized spacial score (nSPS) is 13.6. The van der Waals surface area contributed by atoms with Crippen LogP contribution >= 0.6 is 0 Å². The molecule has 0 amide bonds. The van der Waals surface area contributed by atoms with Gasteiger partial charge in [-0.3, -0.25) is 9.59 Å². The first-order valence-corrected chi connectivity index (χ1v) is 24.2. The Labute approximate surface area is 379 Å². The fourth-order valence-corrected chi connectivity index (χ4v) is 6.17. The molecule has 0 radical (unpaired) electrons. The minimum atomic E-state index is -1.64. The zero-order valence-electron chi connectivity index (χ0n) is 40.0. The second kappa shape index (κ2) is 44.1. The number of carboxylic acid groups (broad SMARTS) is 1. The molecule has 0 aromatic carbocycles. The van der Waals surface area contributed by atoms with Gasteiger partial charge in [-0.15, -0.1) is 0 Å². The molecule has 354 valence electrons. The van der Waals surface area contributed by atoms with Crippen LogP contribution in [-0.4, -0.2) is 82.3 Å². The summed E-state index contributed by atoms with van der Waals surface area (Å²) in [5.74, 6) is -2.37. The highest BCUT2D eigenvalue weighted by atomic mass is 16.7. The summed E-state index contributed by atoms with van der Waals surface area (Å²) in [5, 5.41) is 11.7. The SMILES string of the molecule is CC/C=C\C/C=C\C/C=C\C/C=C\C/C=C\C/C=C\C/C=C\CCCC(=O)OC(COC(=O)CCCCCCCCCCCCCCCC)COC(OCC[N+](C)(C)C)C(=O)[O-]. The zero-order valence-corrected chi connectivity index (χ0v) is 40.0. The number of hydrogen-bond acceptors (Lipinski definition) is 8. The van der Waals surface area contributed by atoms with Crippen molar-refractivity contribution in [3.8, 4) is 0 Å². The first kappa shape index (κ1) is 58.5.